The molecule has 3 atom stereocenters. The fraction of sp³-hybridized carbons (Fsp3) is 0.250. The Morgan fingerprint density at radius 2 is 2.13 bits per heavy atom. The van der Waals surface area contributed by atoms with Gasteiger partial charge in [0, 0.05) is 35.6 Å². The average Bonchev–Trinajstić information content (AvgIpc) is 3.05. The van der Waals surface area contributed by atoms with E-state index in [2.05, 4.69) is 26.5 Å². The minimum absolute atomic E-state index is 0.0576. The van der Waals surface area contributed by atoms with E-state index in [1.54, 1.807) is 24.4 Å². The number of hydrazine groups is 1. The largest absolute Gasteiger partial charge is 0.364 e. The van der Waals surface area contributed by atoms with Gasteiger partial charge in [-0.05, 0) is 29.8 Å². The summed E-state index contributed by atoms with van der Waals surface area (Å²) in [4.78, 5) is 16.5. The number of hydrogen-bond donors (Lipinski definition) is 4. The van der Waals surface area contributed by atoms with E-state index in [4.69, 9.17) is 11.6 Å². The van der Waals surface area contributed by atoms with Crippen molar-refractivity contribution < 1.29 is 4.79 Å². The molecular weight excluding hydrogens is 314 g/mol. The summed E-state index contributed by atoms with van der Waals surface area (Å²) in [7, 11) is 0. The van der Waals surface area contributed by atoms with Crippen LogP contribution in [0.25, 0.3) is 0 Å². The van der Waals surface area contributed by atoms with Gasteiger partial charge in [-0.1, -0.05) is 17.7 Å². The zero-order chi connectivity index (χ0) is 15.8. The van der Waals surface area contributed by atoms with E-state index in [9.17, 15) is 4.79 Å². The highest BCUT2D eigenvalue weighted by Gasteiger charge is 2.38. The quantitative estimate of drug-likeness (QED) is 0.674. The molecule has 0 bridgehead atoms. The van der Waals surface area contributed by atoms with E-state index in [-0.39, 0.29) is 24.0 Å². The Hall–Kier alpha value is -2.15. The van der Waals surface area contributed by atoms with Crippen molar-refractivity contribution in [3.05, 3.63) is 58.9 Å². The molecule has 0 saturated carbocycles. The van der Waals surface area contributed by atoms with Gasteiger partial charge in [-0.2, -0.15) is 0 Å². The maximum atomic E-state index is 12.4. The van der Waals surface area contributed by atoms with Gasteiger partial charge in [-0.3, -0.25) is 15.2 Å². The second-order valence-corrected chi connectivity index (χ2v) is 6.17. The van der Waals surface area contributed by atoms with Gasteiger partial charge in [-0.15, -0.1) is 0 Å². The number of nitrogens with one attached hydrogen (secondary N) is 4. The van der Waals surface area contributed by atoms with Gasteiger partial charge in [0.15, 0.2) is 0 Å². The number of aromatic nitrogens is 1. The molecule has 0 radical (unpaired) electrons. The Kier molecular flexibility index (Phi) is 3.65. The first-order chi connectivity index (χ1) is 11.2. The Bertz CT molecular complexity index is 739. The van der Waals surface area contributed by atoms with E-state index >= 15 is 0 Å². The van der Waals surface area contributed by atoms with Crippen molar-refractivity contribution in [1.82, 2.24) is 21.2 Å². The molecular formula is C16H16ClN5O. The minimum Gasteiger partial charge on any atom is -0.364 e. The van der Waals surface area contributed by atoms with Crippen LogP contribution in [0.4, 0.5) is 5.69 Å². The predicted molar refractivity (Wildman–Crippen MR) is 87.9 cm³/mol. The van der Waals surface area contributed by atoms with Crippen LogP contribution in [-0.4, -0.2) is 23.6 Å². The molecule has 7 heteroatoms. The summed E-state index contributed by atoms with van der Waals surface area (Å²) in [6.45, 7) is 0.730. The van der Waals surface area contributed by atoms with Crippen molar-refractivity contribution in [2.24, 2.45) is 5.92 Å². The van der Waals surface area contributed by atoms with Gasteiger partial charge in [0.2, 0.25) is 0 Å². The number of fused-ring (bicyclic) bond motifs is 1. The van der Waals surface area contributed by atoms with E-state index in [1.807, 2.05) is 18.3 Å². The lowest BCUT2D eigenvalue weighted by atomic mass is 9.91. The van der Waals surface area contributed by atoms with Gasteiger partial charge in [-0.25, -0.2) is 5.43 Å². The minimum atomic E-state index is -0.193. The third-order valence-electron chi connectivity index (χ3n) is 4.32. The predicted octanol–water partition coefficient (Wildman–Crippen LogP) is 1.68. The number of amides is 1. The molecule has 4 rings (SSSR count). The van der Waals surface area contributed by atoms with Crippen LogP contribution in [0.2, 0.25) is 5.02 Å². The van der Waals surface area contributed by atoms with Crippen LogP contribution in [0.5, 0.6) is 0 Å². The molecule has 0 aliphatic carbocycles. The highest BCUT2D eigenvalue weighted by atomic mass is 35.5. The van der Waals surface area contributed by atoms with Crippen LogP contribution in [0.15, 0.2) is 42.7 Å². The number of anilines is 1. The number of nitrogens with zero attached hydrogens (tertiary/aromatic N) is 1. The third-order valence-corrected chi connectivity index (χ3v) is 4.55. The number of halogens is 1. The van der Waals surface area contributed by atoms with Crippen molar-refractivity contribution in [2.45, 2.75) is 12.2 Å². The number of hydrogen-bond acceptors (Lipinski definition) is 5. The first-order valence-corrected chi connectivity index (χ1v) is 7.85. The van der Waals surface area contributed by atoms with Crippen LogP contribution < -0.4 is 21.5 Å². The lowest BCUT2D eigenvalue weighted by Gasteiger charge is -2.34. The molecule has 1 fully saturated rings. The Labute approximate surface area is 138 Å². The SMILES string of the molecule is O=C1NC(C2CNNC2c2cccnc2)Nc2cc(Cl)ccc21. The second-order valence-electron chi connectivity index (χ2n) is 5.74. The van der Waals surface area contributed by atoms with Gasteiger partial charge >= 0.3 is 0 Å². The number of benzene rings is 1. The molecule has 2 aliphatic rings. The second kappa shape index (κ2) is 5.81. The van der Waals surface area contributed by atoms with Crippen molar-refractivity contribution in [3.63, 3.8) is 0 Å². The zero-order valence-corrected chi connectivity index (χ0v) is 13.0. The summed E-state index contributed by atoms with van der Waals surface area (Å²) in [6, 6.07) is 9.24. The van der Waals surface area contributed by atoms with Crippen LogP contribution in [0.3, 0.4) is 0 Å². The van der Waals surface area contributed by atoms with E-state index < -0.39 is 0 Å². The summed E-state index contributed by atoms with van der Waals surface area (Å²) >= 11 is 6.05. The van der Waals surface area contributed by atoms with E-state index in [0.29, 0.717) is 10.6 Å². The van der Waals surface area contributed by atoms with Gasteiger partial charge in [0.25, 0.3) is 5.91 Å². The van der Waals surface area contributed by atoms with Crippen LogP contribution in [0, 0.1) is 5.92 Å². The molecule has 1 aromatic carbocycles. The molecule has 1 aromatic heterocycles. The lowest BCUT2D eigenvalue weighted by Crippen LogP contribution is -2.51. The Morgan fingerprint density at radius 3 is 2.96 bits per heavy atom. The van der Waals surface area contributed by atoms with E-state index in [0.717, 1.165) is 17.8 Å². The fourth-order valence-corrected chi connectivity index (χ4v) is 3.36. The van der Waals surface area contributed by atoms with Gasteiger partial charge in [0.1, 0.15) is 6.17 Å². The van der Waals surface area contributed by atoms with Crippen molar-refractivity contribution >= 4 is 23.2 Å². The first-order valence-electron chi connectivity index (χ1n) is 7.47. The smallest absolute Gasteiger partial charge is 0.254 e. The molecule has 4 N–H and O–H groups in total. The van der Waals surface area contributed by atoms with Crippen LogP contribution >= 0.6 is 11.6 Å². The monoisotopic (exact) mass is 329 g/mol. The third kappa shape index (κ3) is 2.65. The Morgan fingerprint density at radius 1 is 1.22 bits per heavy atom. The normalized spacial score (nSPS) is 26.3. The molecule has 23 heavy (non-hydrogen) atoms. The van der Waals surface area contributed by atoms with Gasteiger partial charge in [0.05, 0.1) is 11.6 Å². The van der Waals surface area contributed by atoms with E-state index in [1.165, 1.54) is 0 Å². The van der Waals surface area contributed by atoms with Gasteiger partial charge < -0.3 is 10.6 Å². The molecule has 6 nitrogen and oxygen atoms in total. The standard InChI is InChI=1S/C16H16ClN5O/c17-10-3-4-11-13(6-10)20-15(21-16(11)23)12-8-19-22-14(12)9-2-1-5-18-7-9/h1-7,12,14-15,19-20,22H,8H2,(H,21,23). The van der Waals surface area contributed by atoms with Crippen molar-refractivity contribution in [1.29, 1.82) is 0 Å². The number of carbonyl (C=O) groups is 1. The molecule has 1 saturated heterocycles. The number of rotatable bonds is 2. The Balaban J connectivity index is 1.62. The summed E-state index contributed by atoms with van der Waals surface area (Å²) in [5.74, 6) is 0.0486. The summed E-state index contributed by atoms with van der Waals surface area (Å²) in [6.07, 6.45) is 3.40. The average molecular weight is 330 g/mol. The van der Waals surface area contributed by atoms with Crippen molar-refractivity contribution in [2.75, 3.05) is 11.9 Å². The molecule has 3 heterocycles. The lowest BCUT2D eigenvalue weighted by molar-refractivity contribution is 0.0921. The first kappa shape index (κ1) is 14.4. The molecule has 2 aromatic rings. The summed E-state index contributed by atoms with van der Waals surface area (Å²) < 4.78 is 0. The van der Waals surface area contributed by atoms with Crippen LogP contribution in [0.1, 0.15) is 22.0 Å². The zero-order valence-electron chi connectivity index (χ0n) is 12.2. The van der Waals surface area contributed by atoms with Crippen molar-refractivity contribution in [3.8, 4) is 0 Å². The van der Waals surface area contributed by atoms with Crippen LogP contribution in [-0.2, 0) is 0 Å². The highest BCUT2D eigenvalue weighted by Crippen LogP contribution is 2.31. The topological polar surface area (TPSA) is 78.1 Å². The number of carbonyl (C=O) groups excluding carboxylic acids is 1. The molecule has 3 unspecified atom stereocenters. The molecule has 118 valence electrons. The molecule has 0 spiro atoms. The highest BCUT2D eigenvalue weighted by molar-refractivity contribution is 6.31. The maximum absolute atomic E-state index is 12.4. The summed E-state index contributed by atoms with van der Waals surface area (Å²) in [5, 5.41) is 7.04. The fourth-order valence-electron chi connectivity index (χ4n) is 3.18. The summed E-state index contributed by atoms with van der Waals surface area (Å²) in [5.41, 5.74) is 8.90. The molecule has 1 amide bonds. The maximum Gasteiger partial charge on any atom is 0.254 e. The number of pyridine rings is 1. The molecule has 2 aliphatic heterocycles.